The van der Waals surface area contributed by atoms with Crippen LogP contribution >= 0.6 is 0 Å². The van der Waals surface area contributed by atoms with Crippen molar-refractivity contribution >= 4 is 11.9 Å². The summed E-state index contributed by atoms with van der Waals surface area (Å²) >= 11 is 0. The van der Waals surface area contributed by atoms with E-state index in [1.807, 2.05) is 20.8 Å². The molecule has 0 radical (unpaired) electrons. The van der Waals surface area contributed by atoms with Gasteiger partial charge in [0.1, 0.15) is 5.60 Å². The molecule has 0 aromatic rings. The zero-order valence-electron chi connectivity index (χ0n) is 32.0. The third-order valence-corrected chi connectivity index (χ3v) is 5.58. The molecule has 0 saturated heterocycles. The van der Waals surface area contributed by atoms with Crippen LogP contribution in [0.2, 0.25) is 0 Å². The van der Waals surface area contributed by atoms with Crippen molar-refractivity contribution in [2.75, 3.05) is 172 Å². The Kier molecular flexibility index (Phi) is 44.2. The molecular weight excluding hydrogens is 692 g/mol. The Morgan fingerprint density at radius 2 is 0.596 bits per heavy atom. The summed E-state index contributed by atoms with van der Waals surface area (Å²) in [6, 6.07) is 0. The van der Waals surface area contributed by atoms with Gasteiger partial charge in [0.2, 0.25) is 0 Å². The number of carboxylic acid groups (broad SMARTS) is 1. The number of aliphatic carboxylic acids is 1. The molecule has 5 N–H and O–H groups in total. The van der Waals surface area contributed by atoms with Gasteiger partial charge in [-0.25, -0.2) is 0 Å². The fourth-order valence-electron chi connectivity index (χ4n) is 3.28. The molecule has 0 aromatic heterocycles. The number of carbonyl (C=O) groups excluding carboxylic acids is 1. The van der Waals surface area contributed by atoms with E-state index in [9.17, 15) is 9.59 Å². The van der Waals surface area contributed by atoms with Crippen LogP contribution < -0.4 is 11.5 Å². The van der Waals surface area contributed by atoms with E-state index in [1.165, 1.54) is 0 Å². The summed E-state index contributed by atoms with van der Waals surface area (Å²) in [5.41, 5.74) is 10.1. The normalized spacial score (nSPS) is 11.4. The molecule has 0 aliphatic heterocycles. The molecule has 0 aromatic carbocycles. The Hall–Kier alpha value is -1.62. The molecule has 0 saturated carbocycles. The maximum Gasteiger partial charge on any atom is 0.308 e. The first-order chi connectivity index (χ1) is 25.2. The minimum atomic E-state index is -0.866. The Morgan fingerprint density at radius 1 is 0.385 bits per heavy atom. The van der Waals surface area contributed by atoms with Crippen molar-refractivity contribution in [1.29, 1.82) is 0 Å². The van der Waals surface area contributed by atoms with Crippen molar-refractivity contribution in [3.63, 3.8) is 0 Å². The highest BCUT2D eigenvalue weighted by Crippen LogP contribution is 2.08. The van der Waals surface area contributed by atoms with Gasteiger partial charge in [0, 0.05) is 13.1 Å². The number of rotatable bonds is 40. The number of hydrogen-bond donors (Lipinski definition) is 3. The predicted octanol–water partition coefficient (Wildman–Crippen LogP) is 0.296. The molecule has 312 valence electrons. The highest BCUT2D eigenvalue weighted by atomic mass is 16.6. The molecular formula is C34H70N2O16. The van der Waals surface area contributed by atoms with E-state index in [4.69, 9.17) is 78.2 Å². The zero-order valence-corrected chi connectivity index (χ0v) is 32.0. The van der Waals surface area contributed by atoms with Crippen LogP contribution in [0, 0.1) is 0 Å². The second-order valence-corrected chi connectivity index (χ2v) is 11.4. The smallest absolute Gasteiger partial charge is 0.308 e. The van der Waals surface area contributed by atoms with Crippen LogP contribution in [0.5, 0.6) is 0 Å². The van der Waals surface area contributed by atoms with Crippen LogP contribution in [-0.2, 0) is 71.2 Å². The Labute approximate surface area is 310 Å². The van der Waals surface area contributed by atoms with E-state index in [1.54, 1.807) is 0 Å². The highest BCUT2D eigenvalue weighted by molar-refractivity contribution is 5.69. The molecule has 18 heteroatoms. The number of carbonyl (C=O) groups is 2. The maximum absolute atomic E-state index is 11.5. The molecule has 0 spiro atoms. The lowest BCUT2D eigenvalue weighted by Crippen LogP contribution is -2.24. The van der Waals surface area contributed by atoms with E-state index >= 15 is 0 Å². The largest absolute Gasteiger partial charge is 0.481 e. The van der Waals surface area contributed by atoms with Crippen molar-refractivity contribution in [3.8, 4) is 0 Å². The molecule has 0 rings (SSSR count). The van der Waals surface area contributed by atoms with Gasteiger partial charge in [-0.3, -0.25) is 9.59 Å². The number of carboxylic acids is 1. The van der Waals surface area contributed by atoms with E-state index in [0.717, 1.165) is 0 Å². The molecule has 0 heterocycles. The molecule has 0 aliphatic carbocycles. The number of hydrogen-bond acceptors (Lipinski definition) is 17. The van der Waals surface area contributed by atoms with Crippen LogP contribution in [0.15, 0.2) is 0 Å². The summed E-state index contributed by atoms with van der Waals surface area (Å²) in [7, 11) is 0. The van der Waals surface area contributed by atoms with Crippen LogP contribution in [0.4, 0.5) is 0 Å². The average molecular weight is 763 g/mol. The van der Waals surface area contributed by atoms with Crippen molar-refractivity contribution in [2.24, 2.45) is 11.5 Å². The Bertz CT molecular complexity index is 734. The highest BCUT2D eigenvalue weighted by Gasteiger charge is 2.15. The third-order valence-electron chi connectivity index (χ3n) is 5.58. The van der Waals surface area contributed by atoms with E-state index < -0.39 is 11.6 Å². The predicted molar refractivity (Wildman–Crippen MR) is 191 cm³/mol. The lowest BCUT2D eigenvalue weighted by molar-refractivity contribution is -0.156. The van der Waals surface area contributed by atoms with Crippen LogP contribution in [-0.4, -0.2) is 194 Å². The quantitative estimate of drug-likeness (QED) is 0.0563. The topological polar surface area (TPSA) is 226 Å². The van der Waals surface area contributed by atoms with E-state index in [2.05, 4.69) is 0 Å². The molecule has 0 aliphatic rings. The van der Waals surface area contributed by atoms with Crippen LogP contribution in [0.25, 0.3) is 0 Å². The van der Waals surface area contributed by atoms with Gasteiger partial charge in [-0.15, -0.1) is 0 Å². The van der Waals surface area contributed by atoms with Crippen molar-refractivity contribution in [1.82, 2.24) is 0 Å². The molecule has 0 unspecified atom stereocenters. The van der Waals surface area contributed by atoms with Gasteiger partial charge in [0.25, 0.3) is 0 Å². The van der Waals surface area contributed by atoms with Gasteiger partial charge in [0.15, 0.2) is 0 Å². The minimum Gasteiger partial charge on any atom is -0.481 e. The van der Waals surface area contributed by atoms with Gasteiger partial charge < -0.3 is 78.2 Å². The molecule has 18 nitrogen and oxygen atoms in total. The average Bonchev–Trinajstić information content (AvgIpc) is 3.09. The van der Waals surface area contributed by atoms with Gasteiger partial charge in [-0.05, 0) is 20.8 Å². The van der Waals surface area contributed by atoms with Gasteiger partial charge in [-0.1, -0.05) is 0 Å². The molecule has 0 atom stereocenters. The fourth-order valence-corrected chi connectivity index (χ4v) is 3.28. The number of esters is 1. The first-order valence-electron chi connectivity index (χ1n) is 18.0. The van der Waals surface area contributed by atoms with E-state index in [0.29, 0.717) is 165 Å². The van der Waals surface area contributed by atoms with Crippen molar-refractivity contribution in [2.45, 2.75) is 39.2 Å². The van der Waals surface area contributed by atoms with Gasteiger partial charge in [-0.2, -0.15) is 0 Å². The van der Waals surface area contributed by atoms with Crippen LogP contribution in [0.3, 0.4) is 0 Å². The minimum absolute atomic E-state index is 0.0101. The Balaban J connectivity index is 0. The maximum atomic E-state index is 11.5. The van der Waals surface area contributed by atoms with Crippen molar-refractivity contribution < 1.29 is 76.3 Å². The molecule has 52 heavy (non-hydrogen) atoms. The molecule has 0 fully saturated rings. The van der Waals surface area contributed by atoms with Crippen LogP contribution in [0.1, 0.15) is 33.6 Å². The van der Waals surface area contributed by atoms with Gasteiger partial charge in [0.05, 0.1) is 171 Å². The molecule has 0 amide bonds. The summed E-state index contributed by atoms with van der Waals surface area (Å²) in [6.07, 6.45) is 0.254. The number of nitrogens with two attached hydrogens (primary N) is 2. The standard InChI is InChI=1S/C19H39NO8.C15H31NO8/c1-19(2,3)28-18(21)4-6-22-8-10-24-12-14-26-16-17-27-15-13-25-11-9-23-7-5-20;16-2-4-20-6-8-22-10-12-24-14-13-23-11-9-21-7-5-19-3-1-15(17)18/h4-17,20H2,1-3H3;1-14,16H2,(H,17,18). The first kappa shape index (κ1) is 52.5. The molecule has 0 bridgehead atoms. The van der Waals surface area contributed by atoms with E-state index in [-0.39, 0.29) is 25.4 Å². The van der Waals surface area contributed by atoms with Crippen molar-refractivity contribution in [3.05, 3.63) is 0 Å². The second-order valence-electron chi connectivity index (χ2n) is 11.4. The first-order valence-corrected chi connectivity index (χ1v) is 18.0. The summed E-state index contributed by atoms with van der Waals surface area (Å²) in [4.78, 5) is 21.7. The van der Waals surface area contributed by atoms with Gasteiger partial charge >= 0.3 is 11.9 Å². The summed E-state index contributed by atoms with van der Waals surface area (Å²) in [5.74, 6) is -1.12. The second kappa shape index (κ2) is 43.8. The zero-order chi connectivity index (χ0) is 38.6. The summed E-state index contributed by atoms with van der Waals surface area (Å²) in [5, 5.41) is 8.40. The fraction of sp³-hybridized carbons (Fsp3) is 0.941. The SMILES string of the molecule is CC(C)(C)OC(=O)CCOCCOCCOCCOCCOCCOCCN.NCCOCCOCCOCCOCCOCCOCCC(=O)O. The third kappa shape index (κ3) is 52.7. The monoisotopic (exact) mass is 762 g/mol. The number of ether oxygens (including phenoxy) is 13. The Morgan fingerprint density at radius 3 is 0.808 bits per heavy atom. The lowest BCUT2D eigenvalue weighted by Gasteiger charge is -2.19. The lowest BCUT2D eigenvalue weighted by atomic mass is 10.2. The summed E-state index contributed by atoms with van der Waals surface area (Å²) in [6.45, 7) is 18.1. The summed E-state index contributed by atoms with van der Waals surface area (Å²) < 4.78 is 68.6.